The van der Waals surface area contributed by atoms with Crippen LogP contribution in [0.3, 0.4) is 0 Å². The lowest BCUT2D eigenvalue weighted by Gasteiger charge is -2.04. The van der Waals surface area contributed by atoms with Crippen LogP contribution in [-0.4, -0.2) is 21.3 Å². The molecule has 5 heteroatoms. The molecule has 1 aliphatic rings. The average molecular weight is 201 g/mol. The second-order valence-electron chi connectivity index (χ2n) is 2.07. The molecular weight excluding hydrogens is 198 g/mol. The minimum atomic E-state index is -1.58. The fourth-order valence-corrected chi connectivity index (χ4v) is 1.72. The number of rotatable bonds is 0. The Kier molecular flexibility index (Phi) is 1.96. The van der Waals surface area contributed by atoms with E-state index in [1.807, 2.05) is 0 Å². The highest BCUT2D eigenvalue weighted by molar-refractivity contribution is 6.72. The van der Waals surface area contributed by atoms with Crippen LogP contribution in [0.4, 0.5) is 0 Å². The van der Waals surface area contributed by atoms with E-state index >= 15 is 0 Å². The van der Waals surface area contributed by atoms with E-state index < -0.39 is 21.3 Å². The highest BCUT2D eigenvalue weighted by Gasteiger charge is 2.50. The SMILES string of the molecule is O=C1C(=O)C(Cl)(Cl)CC1Cl. The van der Waals surface area contributed by atoms with Crippen LogP contribution in [0.15, 0.2) is 0 Å². The number of carbonyl (C=O) groups is 2. The average Bonchev–Trinajstić information content (AvgIpc) is 1.95. The molecule has 0 radical (unpaired) electrons. The Bertz CT molecular complexity index is 199. The summed E-state index contributed by atoms with van der Waals surface area (Å²) in [6.07, 6.45) is 0.00926. The van der Waals surface area contributed by atoms with Crippen LogP contribution >= 0.6 is 34.8 Å². The lowest BCUT2D eigenvalue weighted by atomic mass is 10.3. The maximum absolute atomic E-state index is 10.7. The molecule has 10 heavy (non-hydrogen) atoms. The molecule has 2 nitrogen and oxygen atoms in total. The van der Waals surface area contributed by atoms with Crippen molar-refractivity contribution in [3.63, 3.8) is 0 Å². The van der Waals surface area contributed by atoms with Crippen molar-refractivity contribution in [3.05, 3.63) is 0 Å². The number of Topliss-reactive ketones (excluding diaryl/α,β-unsaturated/α-hetero) is 2. The van der Waals surface area contributed by atoms with E-state index in [9.17, 15) is 9.59 Å². The lowest BCUT2D eigenvalue weighted by molar-refractivity contribution is -0.134. The molecule has 0 heterocycles. The van der Waals surface area contributed by atoms with Crippen molar-refractivity contribution in [2.75, 3.05) is 0 Å². The minimum Gasteiger partial charge on any atom is -0.289 e. The van der Waals surface area contributed by atoms with Crippen LogP contribution < -0.4 is 0 Å². The molecule has 1 fully saturated rings. The molecule has 56 valence electrons. The predicted octanol–water partition coefficient (Wildman–Crippen LogP) is 1.31. The van der Waals surface area contributed by atoms with E-state index in [1.165, 1.54) is 0 Å². The summed E-state index contributed by atoms with van der Waals surface area (Å²) in [7, 11) is 0. The molecule has 0 aromatic heterocycles. The lowest BCUT2D eigenvalue weighted by Crippen LogP contribution is -2.23. The quantitative estimate of drug-likeness (QED) is 0.437. The summed E-state index contributed by atoms with van der Waals surface area (Å²) < 4.78 is -1.58. The Labute approximate surface area is 72.4 Å². The standard InChI is InChI=1S/C5H3Cl3O2/c6-2-1-5(7,8)4(10)3(2)9/h2H,1H2. The first-order valence-electron chi connectivity index (χ1n) is 2.55. The largest absolute Gasteiger partial charge is 0.289 e. The summed E-state index contributed by atoms with van der Waals surface area (Å²) in [6.45, 7) is 0. The normalized spacial score (nSPS) is 31.3. The molecule has 0 amide bonds. The Hall–Kier alpha value is 0.210. The minimum absolute atomic E-state index is 0.00926. The molecule has 1 rings (SSSR count). The van der Waals surface area contributed by atoms with Gasteiger partial charge in [-0.2, -0.15) is 0 Å². The fraction of sp³-hybridized carbons (Fsp3) is 0.600. The summed E-state index contributed by atoms with van der Waals surface area (Å²) in [5.74, 6) is -1.48. The van der Waals surface area contributed by atoms with Gasteiger partial charge in [0.1, 0.15) is 5.38 Å². The number of hydrogen-bond acceptors (Lipinski definition) is 2. The highest BCUT2D eigenvalue weighted by Crippen LogP contribution is 2.36. The van der Waals surface area contributed by atoms with Gasteiger partial charge in [-0.1, -0.05) is 23.2 Å². The maximum Gasteiger partial charge on any atom is 0.235 e. The zero-order valence-electron chi connectivity index (χ0n) is 4.73. The summed E-state index contributed by atoms with van der Waals surface area (Å²) in [4.78, 5) is 21.4. The van der Waals surface area contributed by atoms with Gasteiger partial charge in [-0.3, -0.25) is 9.59 Å². The molecule has 1 atom stereocenters. The molecule has 0 bridgehead atoms. The number of hydrogen-bond donors (Lipinski definition) is 0. The van der Waals surface area contributed by atoms with E-state index in [1.54, 1.807) is 0 Å². The van der Waals surface area contributed by atoms with Crippen LogP contribution in [0.1, 0.15) is 6.42 Å². The van der Waals surface area contributed by atoms with E-state index in [-0.39, 0.29) is 6.42 Å². The first kappa shape index (κ1) is 8.31. The van der Waals surface area contributed by atoms with Gasteiger partial charge in [0.15, 0.2) is 4.33 Å². The van der Waals surface area contributed by atoms with Crippen molar-refractivity contribution in [2.45, 2.75) is 16.1 Å². The number of carbonyl (C=O) groups excluding carboxylic acids is 2. The molecule has 1 saturated carbocycles. The first-order chi connectivity index (χ1) is 4.45. The molecule has 0 saturated heterocycles. The summed E-state index contributed by atoms with van der Waals surface area (Å²) in [5, 5.41) is -0.845. The van der Waals surface area contributed by atoms with Gasteiger partial charge in [-0.25, -0.2) is 0 Å². The third-order valence-electron chi connectivity index (χ3n) is 1.28. The zero-order valence-corrected chi connectivity index (χ0v) is 7.00. The number of alkyl halides is 3. The van der Waals surface area contributed by atoms with Gasteiger partial charge < -0.3 is 0 Å². The van der Waals surface area contributed by atoms with Gasteiger partial charge in [0.2, 0.25) is 11.6 Å². The molecule has 1 unspecified atom stereocenters. The topological polar surface area (TPSA) is 34.1 Å². The molecule has 1 aliphatic carbocycles. The molecular formula is C5H3Cl3O2. The van der Waals surface area contributed by atoms with Gasteiger partial charge in [-0.15, -0.1) is 11.6 Å². The van der Waals surface area contributed by atoms with Crippen LogP contribution in [0.2, 0.25) is 0 Å². The second kappa shape index (κ2) is 2.36. The molecule has 0 aliphatic heterocycles. The Morgan fingerprint density at radius 1 is 1.40 bits per heavy atom. The molecule has 0 aromatic rings. The van der Waals surface area contributed by atoms with E-state index in [0.29, 0.717) is 0 Å². The monoisotopic (exact) mass is 200 g/mol. The van der Waals surface area contributed by atoms with Crippen molar-refractivity contribution in [1.29, 1.82) is 0 Å². The van der Waals surface area contributed by atoms with Crippen molar-refractivity contribution >= 4 is 46.4 Å². The molecule has 0 N–H and O–H groups in total. The zero-order chi connectivity index (χ0) is 7.94. The second-order valence-corrected chi connectivity index (χ2v) is 4.08. The van der Waals surface area contributed by atoms with Crippen LogP contribution in [0, 0.1) is 0 Å². The first-order valence-corrected chi connectivity index (χ1v) is 3.75. The maximum atomic E-state index is 10.7. The van der Waals surface area contributed by atoms with Gasteiger partial charge >= 0.3 is 0 Å². The highest BCUT2D eigenvalue weighted by atomic mass is 35.5. The smallest absolute Gasteiger partial charge is 0.235 e. The Morgan fingerprint density at radius 2 is 1.90 bits per heavy atom. The summed E-state index contributed by atoms with van der Waals surface area (Å²) in [5.41, 5.74) is 0. The van der Waals surface area contributed by atoms with E-state index in [4.69, 9.17) is 34.8 Å². The third-order valence-corrected chi connectivity index (χ3v) is 2.28. The fourth-order valence-electron chi connectivity index (χ4n) is 0.733. The number of ketones is 2. The molecule has 0 aromatic carbocycles. The summed E-state index contributed by atoms with van der Waals surface area (Å²) in [6, 6.07) is 0. The van der Waals surface area contributed by atoms with Crippen LogP contribution in [0.5, 0.6) is 0 Å². The van der Waals surface area contributed by atoms with Gasteiger partial charge in [0.25, 0.3) is 0 Å². The Morgan fingerprint density at radius 3 is 2.00 bits per heavy atom. The molecule has 0 spiro atoms. The van der Waals surface area contributed by atoms with Gasteiger partial charge in [0, 0.05) is 6.42 Å². The Balaban J connectivity index is 2.92. The van der Waals surface area contributed by atoms with Crippen molar-refractivity contribution in [3.8, 4) is 0 Å². The van der Waals surface area contributed by atoms with Crippen molar-refractivity contribution in [2.24, 2.45) is 0 Å². The van der Waals surface area contributed by atoms with Crippen molar-refractivity contribution < 1.29 is 9.59 Å². The van der Waals surface area contributed by atoms with Gasteiger partial charge in [-0.05, 0) is 0 Å². The predicted molar refractivity (Wildman–Crippen MR) is 38.7 cm³/mol. The van der Waals surface area contributed by atoms with E-state index in [0.717, 1.165) is 0 Å². The van der Waals surface area contributed by atoms with Crippen LogP contribution in [-0.2, 0) is 9.59 Å². The van der Waals surface area contributed by atoms with E-state index in [2.05, 4.69) is 0 Å². The number of halogens is 3. The van der Waals surface area contributed by atoms with Crippen molar-refractivity contribution in [1.82, 2.24) is 0 Å². The van der Waals surface area contributed by atoms with Gasteiger partial charge in [0.05, 0.1) is 0 Å². The summed E-state index contributed by atoms with van der Waals surface area (Å²) >= 11 is 16.2. The third kappa shape index (κ3) is 1.16. The van der Waals surface area contributed by atoms with Crippen LogP contribution in [0.25, 0.3) is 0 Å².